The summed E-state index contributed by atoms with van der Waals surface area (Å²) < 4.78 is 13.4. The molecule has 0 radical (unpaired) electrons. The molecule has 1 aromatic heterocycles. The number of fused-ring (bicyclic) bond motifs is 1. The van der Waals surface area contributed by atoms with Crippen LogP contribution in [0.3, 0.4) is 0 Å². The van der Waals surface area contributed by atoms with Crippen molar-refractivity contribution in [3.05, 3.63) is 48.0 Å². The zero-order chi connectivity index (χ0) is 26.4. The topological polar surface area (TPSA) is 151 Å². The molecule has 1 heterocycles. The third kappa shape index (κ3) is 5.89. The second-order valence-corrected chi connectivity index (χ2v) is 9.24. The van der Waals surface area contributed by atoms with Crippen LogP contribution in [0.2, 0.25) is 0 Å². The fraction of sp³-hybridized carbons (Fsp3) is 0.370. The smallest absolute Gasteiger partial charge is 0.411 e. The Bertz CT molecular complexity index is 1350. The number of ether oxygens (including phenoxy) is 2. The second kappa shape index (κ2) is 11.6. The van der Waals surface area contributed by atoms with Gasteiger partial charge in [0.05, 0.1) is 29.5 Å². The summed E-state index contributed by atoms with van der Waals surface area (Å²) in [5.74, 6) is 5.80. The van der Waals surface area contributed by atoms with E-state index in [1.807, 2.05) is 42.5 Å². The van der Waals surface area contributed by atoms with Gasteiger partial charge in [-0.05, 0) is 69.4 Å². The van der Waals surface area contributed by atoms with E-state index >= 15 is 0 Å². The normalized spacial score (nSPS) is 13.5. The van der Waals surface area contributed by atoms with Crippen molar-refractivity contribution in [1.82, 2.24) is 4.57 Å². The first kappa shape index (κ1) is 25.7. The molecule has 0 spiro atoms. The van der Waals surface area contributed by atoms with Crippen molar-refractivity contribution in [2.24, 2.45) is 16.2 Å². The molecule has 0 aliphatic heterocycles. The van der Waals surface area contributed by atoms with E-state index in [1.165, 1.54) is 0 Å². The quantitative estimate of drug-likeness (QED) is 0.0782. The average molecular weight is 502 g/mol. The van der Waals surface area contributed by atoms with Crippen molar-refractivity contribution in [2.75, 3.05) is 11.9 Å². The van der Waals surface area contributed by atoms with E-state index in [-0.39, 0.29) is 11.9 Å². The Labute approximate surface area is 215 Å². The molecule has 1 fully saturated rings. The minimum atomic E-state index is -0.503. The van der Waals surface area contributed by atoms with Crippen LogP contribution < -0.4 is 15.9 Å². The molecular weight excluding hydrogens is 470 g/mol. The van der Waals surface area contributed by atoms with E-state index in [4.69, 9.17) is 20.7 Å². The van der Waals surface area contributed by atoms with Gasteiger partial charge in [0.15, 0.2) is 0 Å². The van der Waals surface area contributed by atoms with Gasteiger partial charge in [-0.25, -0.2) is 4.79 Å². The monoisotopic (exact) mass is 501 g/mol. The number of amides is 1. The lowest BCUT2D eigenvalue weighted by molar-refractivity contribution is 0.130. The average Bonchev–Trinajstić information content (AvgIpc) is 3.14. The molecule has 0 unspecified atom stereocenters. The largest absolute Gasteiger partial charge is 0.494 e. The third-order valence-corrected chi connectivity index (χ3v) is 6.28. The summed E-state index contributed by atoms with van der Waals surface area (Å²) in [6.45, 7) is 4.01. The van der Waals surface area contributed by atoms with Crippen LogP contribution in [0, 0.1) is 16.7 Å². The van der Waals surface area contributed by atoms with Crippen LogP contribution in [-0.2, 0) is 4.74 Å². The SMILES string of the molecule is CC(C)OC(=O)Nc1ccc(-c2c(C#N)c3ccc(OCCCC(=N)N=NN)cc3n2C2CCC2)cc1. The first-order chi connectivity index (χ1) is 17.9. The summed E-state index contributed by atoms with van der Waals surface area (Å²) in [6.07, 6.45) is 3.56. The van der Waals surface area contributed by atoms with E-state index < -0.39 is 6.09 Å². The number of nitrogens with zero attached hydrogens (tertiary/aromatic N) is 4. The summed E-state index contributed by atoms with van der Waals surface area (Å²) in [5, 5.41) is 28.0. The maximum absolute atomic E-state index is 12.0. The predicted octanol–water partition coefficient (Wildman–Crippen LogP) is 6.32. The number of hydrogen-bond donors (Lipinski definition) is 3. The molecule has 0 atom stereocenters. The van der Waals surface area contributed by atoms with E-state index in [0.29, 0.717) is 42.5 Å². The Morgan fingerprint density at radius 3 is 2.65 bits per heavy atom. The molecule has 10 nitrogen and oxygen atoms in total. The number of anilines is 1. The van der Waals surface area contributed by atoms with E-state index in [2.05, 4.69) is 26.3 Å². The fourth-order valence-corrected chi connectivity index (χ4v) is 4.42. The number of nitriles is 1. The van der Waals surface area contributed by atoms with Crippen LogP contribution in [0.15, 0.2) is 52.8 Å². The number of amidine groups is 1. The molecule has 0 saturated heterocycles. The summed E-state index contributed by atoms with van der Waals surface area (Å²) >= 11 is 0. The van der Waals surface area contributed by atoms with Crippen molar-refractivity contribution >= 4 is 28.5 Å². The standard InChI is InChI=1S/C27H31N7O3/c1-17(2)37-27(35)31-19-10-8-18(9-11-19)26-23(16-28)22-13-12-21(36-14-4-7-25(29)32-33-30)15-24(22)34(26)20-5-3-6-20/h8-13,15,17,20H,3-7,14H2,1-2H3,(H,31,35)(H3,29,30,32). The van der Waals surface area contributed by atoms with Gasteiger partial charge >= 0.3 is 6.09 Å². The number of nitrogens with two attached hydrogens (primary N) is 1. The molecule has 1 amide bonds. The van der Waals surface area contributed by atoms with E-state index in [1.54, 1.807) is 13.8 Å². The predicted molar refractivity (Wildman–Crippen MR) is 142 cm³/mol. The molecule has 3 aromatic rings. The van der Waals surface area contributed by atoms with Gasteiger partial charge in [0.1, 0.15) is 17.7 Å². The van der Waals surface area contributed by atoms with Gasteiger partial charge in [0.25, 0.3) is 0 Å². The van der Waals surface area contributed by atoms with Gasteiger partial charge < -0.3 is 19.9 Å². The zero-order valence-electron chi connectivity index (χ0n) is 21.0. The molecule has 4 rings (SSSR count). The highest BCUT2D eigenvalue weighted by Gasteiger charge is 2.28. The molecule has 10 heteroatoms. The summed E-state index contributed by atoms with van der Waals surface area (Å²) in [6, 6.07) is 16.0. The van der Waals surface area contributed by atoms with Crippen molar-refractivity contribution < 1.29 is 14.3 Å². The third-order valence-electron chi connectivity index (χ3n) is 6.28. The maximum Gasteiger partial charge on any atom is 0.411 e. The van der Waals surface area contributed by atoms with Crippen LogP contribution in [-0.4, -0.2) is 29.2 Å². The Hall–Kier alpha value is -4.39. The van der Waals surface area contributed by atoms with Crippen LogP contribution in [0.4, 0.5) is 10.5 Å². The first-order valence-electron chi connectivity index (χ1n) is 12.4. The van der Waals surface area contributed by atoms with Gasteiger partial charge in [0, 0.05) is 29.6 Å². The highest BCUT2D eigenvalue weighted by molar-refractivity contribution is 5.96. The van der Waals surface area contributed by atoms with Crippen molar-refractivity contribution in [3.8, 4) is 23.1 Å². The molecule has 37 heavy (non-hydrogen) atoms. The second-order valence-electron chi connectivity index (χ2n) is 9.24. The summed E-state index contributed by atoms with van der Waals surface area (Å²) in [7, 11) is 0. The Morgan fingerprint density at radius 1 is 1.27 bits per heavy atom. The van der Waals surface area contributed by atoms with Gasteiger partial charge in [-0.15, -0.1) is 5.11 Å². The lowest BCUT2D eigenvalue weighted by Gasteiger charge is -2.30. The first-order valence-corrected chi connectivity index (χ1v) is 12.4. The Morgan fingerprint density at radius 2 is 2.03 bits per heavy atom. The van der Waals surface area contributed by atoms with Crippen LogP contribution in [0.1, 0.15) is 57.6 Å². The number of carbonyl (C=O) groups is 1. The Balaban J connectivity index is 1.63. The van der Waals surface area contributed by atoms with E-state index in [0.717, 1.165) is 41.4 Å². The van der Waals surface area contributed by atoms with E-state index in [9.17, 15) is 10.1 Å². The zero-order valence-corrected chi connectivity index (χ0v) is 21.0. The minimum Gasteiger partial charge on any atom is -0.494 e. The molecule has 1 saturated carbocycles. The minimum absolute atomic E-state index is 0.113. The molecule has 0 bridgehead atoms. The molecule has 192 valence electrons. The Kier molecular flexibility index (Phi) is 8.03. The van der Waals surface area contributed by atoms with Crippen molar-refractivity contribution in [1.29, 1.82) is 10.7 Å². The molecule has 1 aliphatic rings. The van der Waals surface area contributed by atoms with Gasteiger partial charge in [-0.2, -0.15) is 5.26 Å². The number of carbonyl (C=O) groups excluding carboxylic acids is 1. The molecule has 4 N–H and O–H groups in total. The molecule has 2 aromatic carbocycles. The molecule has 1 aliphatic carbocycles. The van der Waals surface area contributed by atoms with Crippen LogP contribution in [0.5, 0.6) is 5.75 Å². The summed E-state index contributed by atoms with van der Waals surface area (Å²) in [4.78, 5) is 12.0. The van der Waals surface area contributed by atoms with Gasteiger partial charge in [-0.3, -0.25) is 10.7 Å². The van der Waals surface area contributed by atoms with Gasteiger partial charge in [-0.1, -0.05) is 17.4 Å². The number of benzene rings is 2. The highest BCUT2D eigenvalue weighted by Crippen LogP contribution is 2.43. The van der Waals surface area contributed by atoms with Crippen molar-refractivity contribution in [3.63, 3.8) is 0 Å². The fourth-order valence-electron chi connectivity index (χ4n) is 4.42. The number of aromatic nitrogens is 1. The van der Waals surface area contributed by atoms with Crippen molar-refractivity contribution in [2.45, 2.75) is 58.1 Å². The summed E-state index contributed by atoms with van der Waals surface area (Å²) in [5.41, 5.74) is 3.97. The number of nitrogens with one attached hydrogen (secondary N) is 2. The highest BCUT2D eigenvalue weighted by atomic mass is 16.6. The van der Waals surface area contributed by atoms with Gasteiger partial charge in [0.2, 0.25) is 0 Å². The maximum atomic E-state index is 12.0. The molecular formula is C27H31N7O3. The number of hydrogen-bond acceptors (Lipinski definition) is 6. The lowest BCUT2D eigenvalue weighted by Crippen LogP contribution is -2.18. The lowest BCUT2D eigenvalue weighted by atomic mass is 9.92. The van der Waals surface area contributed by atoms with Crippen LogP contribution >= 0.6 is 0 Å². The van der Waals surface area contributed by atoms with Crippen LogP contribution in [0.25, 0.3) is 22.2 Å². The number of rotatable bonds is 9.